The van der Waals surface area contributed by atoms with Crippen LogP contribution in [0, 0.1) is 0 Å². The number of nitrogens with zero attached hydrogens (tertiary/aromatic N) is 6. The second-order valence-electron chi connectivity index (χ2n) is 8.49. The smallest absolute Gasteiger partial charge is 0.352 e. The maximum Gasteiger partial charge on any atom is 0.352 e. The number of hydrogen-bond acceptors (Lipinski definition) is 7. The van der Waals surface area contributed by atoms with E-state index in [1.54, 1.807) is 17.7 Å². The van der Waals surface area contributed by atoms with Gasteiger partial charge in [0.2, 0.25) is 0 Å². The van der Waals surface area contributed by atoms with Crippen molar-refractivity contribution >= 4 is 28.3 Å². The maximum absolute atomic E-state index is 13.2. The van der Waals surface area contributed by atoms with E-state index in [1.807, 2.05) is 24.4 Å². The van der Waals surface area contributed by atoms with Crippen molar-refractivity contribution in [3.8, 4) is 5.75 Å². The predicted octanol–water partition coefficient (Wildman–Crippen LogP) is 2.76. The Kier molecular flexibility index (Phi) is 5.77. The normalized spacial score (nSPS) is 19.4. The van der Waals surface area contributed by atoms with Crippen LogP contribution in [0.4, 0.5) is 0 Å². The monoisotopic (exact) mass is 468 g/mol. The molecule has 5 rings (SSSR count). The van der Waals surface area contributed by atoms with Crippen molar-refractivity contribution in [2.75, 3.05) is 20.2 Å². The van der Waals surface area contributed by atoms with Crippen LogP contribution in [0.3, 0.4) is 0 Å². The Labute approximate surface area is 195 Å². The summed E-state index contributed by atoms with van der Waals surface area (Å²) >= 11 is 6.45. The highest BCUT2D eigenvalue weighted by molar-refractivity contribution is 6.31. The fraction of sp³-hybridized carbons (Fsp3) is 0.391. The number of morpholine rings is 1. The maximum atomic E-state index is 13.2. The van der Waals surface area contributed by atoms with Crippen LogP contribution in [-0.4, -0.2) is 61.5 Å². The van der Waals surface area contributed by atoms with Gasteiger partial charge in [-0.15, -0.1) is 0 Å². The van der Waals surface area contributed by atoms with Gasteiger partial charge in [-0.25, -0.2) is 14.8 Å². The van der Waals surface area contributed by atoms with E-state index in [4.69, 9.17) is 26.1 Å². The van der Waals surface area contributed by atoms with Gasteiger partial charge in [0, 0.05) is 30.9 Å². The van der Waals surface area contributed by atoms with Gasteiger partial charge in [-0.3, -0.25) is 9.47 Å². The van der Waals surface area contributed by atoms with Gasteiger partial charge >= 0.3 is 5.69 Å². The van der Waals surface area contributed by atoms with Crippen molar-refractivity contribution in [2.45, 2.75) is 39.1 Å². The van der Waals surface area contributed by atoms with Gasteiger partial charge in [-0.1, -0.05) is 17.7 Å². The first-order valence-corrected chi connectivity index (χ1v) is 11.2. The highest BCUT2D eigenvalue weighted by Gasteiger charge is 2.23. The Morgan fingerprint density at radius 3 is 2.64 bits per heavy atom. The summed E-state index contributed by atoms with van der Waals surface area (Å²) < 4.78 is 14.0. The van der Waals surface area contributed by atoms with E-state index in [-0.39, 0.29) is 24.4 Å². The zero-order chi connectivity index (χ0) is 23.1. The Morgan fingerprint density at radius 2 is 1.91 bits per heavy atom. The summed E-state index contributed by atoms with van der Waals surface area (Å²) in [4.78, 5) is 24.6. The first kappa shape index (κ1) is 21.8. The summed E-state index contributed by atoms with van der Waals surface area (Å²) in [6, 6.07) is 7.44. The van der Waals surface area contributed by atoms with Gasteiger partial charge < -0.3 is 9.47 Å². The molecule has 1 aliphatic heterocycles. The number of benzene rings is 1. The minimum atomic E-state index is -0.321. The number of ether oxygens (including phenoxy) is 2. The zero-order valence-corrected chi connectivity index (χ0v) is 19.5. The average Bonchev–Trinajstić information content (AvgIpc) is 3.27. The molecule has 2 atom stereocenters. The molecule has 0 bridgehead atoms. The van der Waals surface area contributed by atoms with Gasteiger partial charge in [0.1, 0.15) is 17.7 Å². The van der Waals surface area contributed by atoms with Crippen LogP contribution in [0.2, 0.25) is 5.02 Å². The summed E-state index contributed by atoms with van der Waals surface area (Å²) in [6.07, 6.45) is 3.58. The molecule has 0 aliphatic carbocycles. The summed E-state index contributed by atoms with van der Waals surface area (Å²) in [5.74, 6) is 0.655. The number of methoxy groups -OCH3 is 1. The van der Waals surface area contributed by atoms with Crippen LogP contribution in [0.15, 0.2) is 41.6 Å². The van der Waals surface area contributed by atoms with Gasteiger partial charge in [-0.2, -0.15) is 9.61 Å². The molecule has 0 spiro atoms. The largest absolute Gasteiger partial charge is 0.497 e. The summed E-state index contributed by atoms with van der Waals surface area (Å²) in [5.41, 5.74) is 2.53. The number of hydrogen-bond donors (Lipinski definition) is 0. The van der Waals surface area contributed by atoms with Crippen molar-refractivity contribution in [1.29, 1.82) is 0 Å². The van der Waals surface area contributed by atoms with E-state index in [9.17, 15) is 4.79 Å². The van der Waals surface area contributed by atoms with Crippen LogP contribution in [0.25, 0.3) is 16.7 Å². The molecule has 4 aromatic rings. The quantitative estimate of drug-likeness (QED) is 0.445. The Morgan fingerprint density at radius 1 is 1.12 bits per heavy atom. The molecule has 0 amide bonds. The minimum Gasteiger partial charge on any atom is -0.497 e. The predicted molar refractivity (Wildman–Crippen MR) is 125 cm³/mol. The lowest BCUT2D eigenvalue weighted by Gasteiger charge is -2.35. The fourth-order valence-electron chi connectivity index (χ4n) is 4.50. The fourth-order valence-corrected chi connectivity index (χ4v) is 4.74. The van der Waals surface area contributed by atoms with Gasteiger partial charge in [-0.05, 0) is 43.2 Å². The van der Waals surface area contributed by atoms with Crippen molar-refractivity contribution in [3.63, 3.8) is 0 Å². The van der Waals surface area contributed by atoms with E-state index in [0.717, 1.165) is 36.1 Å². The Hall–Kier alpha value is -3.01. The molecule has 33 heavy (non-hydrogen) atoms. The molecule has 1 saturated heterocycles. The highest BCUT2D eigenvalue weighted by atomic mass is 35.5. The minimum absolute atomic E-state index is 0.185. The number of halogens is 1. The first-order valence-electron chi connectivity index (χ1n) is 10.8. The van der Waals surface area contributed by atoms with Gasteiger partial charge in [0.25, 0.3) is 0 Å². The molecule has 10 heteroatoms. The first-order chi connectivity index (χ1) is 15.9. The third kappa shape index (κ3) is 4.19. The highest BCUT2D eigenvalue weighted by Crippen LogP contribution is 2.25. The van der Waals surface area contributed by atoms with E-state index < -0.39 is 0 Å². The lowest BCUT2D eigenvalue weighted by atomic mass is 10.1. The van der Waals surface area contributed by atoms with E-state index in [0.29, 0.717) is 22.1 Å². The zero-order valence-electron chi connectivity index (χ0n) is 18.7. The molecule has 172 valence electrons. The van der Waals surface area contributed by atoms with Gasteiger partial charge in [0.05, 0.1) is 31.2 Å². The summed E-state index contributed by atoms with van der Waals surface area (Å²) in [5, 5.41) is 5.43. The molecule has 1 fully saturated rings. The molecular weight excluding hydrogens is 444 g/mol. The second kappa shape index (κ2) is 8.74. The van der Waals surface area contributed by atoms with Crippen LogP contribution in [-0.2, 0) is 17.8 Å². The lowest BCUT2D eigenvalue weighted by Crippen LogP contribution is -2.44. The SMILES string of the molecule is COc1ccc(Cn2c(=O)n3ncnc3c3cc(CN4CC(C)OC(C)C4)cnc32)c(Cl)c1. The summed E-state index contributed by atoms with van der Waals surface area (Å²) in [7, 11) is 1.59. The molecule has 4 heterocycles. The van der Waals surface area contributed by atoms with E-state index in [2.05, 4.69) is 28.8 Å². The summed E-state index contributed by atoms with van der Waals surface area (Å²) in [6.45, 7) is 6.88. The van der Waals surface area contributed by atoms with E-state index in [1.165, 1.54) is 10.8 Å². The molecule has 2 unspecified atom stereocenters. The van der Waals surface area contributed by atoms with E-state index >= 15 is 0 Å². The molecule has 0 N–H and O–H groups in total. The number of pyridine rings is 1. The second-order valence-corrected chi connectivity index (χ2v) is 8.89. The average molecular weight is 469 g/mol. The molecule has 3 aromatic heterocycles. The molecule has 0 saturated carbocycles. The molecule has 1 aromatic carbocycles. The lowest BCUT2D eigenvalue weighted by molar-refractivity contribution is -0.0705. The van der Waals surface area contributed by atoms with Gasteiger partial charge in [0.15, 0.2) is 5.65 Å². The Bertz CT molecular complexity index is 1370. The van der Waals surface area contributed by atoms with Crippen LogP contribution < -0.4 is 10.4 Å². The molecule has 0 radical (unpaired) electrons. The van der Waals surface area contributed by atoms with Crippen LogP contribution in [0.5, 0.6) is 5.75 Å². The topological polar surface area (TPSA) is 86.8 Å². The third-order valence-electron chi connectivity index (χ3n) is 5.87. The standard InChI is InChI=1S/C23H25ClN6O3/c1-14-9-28(10-15(2)33-14)11-16-6-19-21(25-8-16)29(23(31)30-22(19)26-13-27-30)12-17-4-5-18(32-3)7-20(17)24/h4-8,13-15H,9-12H2,1-3H3. The van der Waals surface area contributed by atoms with Crippen molar-refractivity contribution < 1.29 is 9.47 Å². The van der Waals surface area contributed by atoms with Crippen LogP contribution >= 0.6 is 11.6 Å². The number of aromatic nitrogens is 5. The Balaban J connectivity index is 1.57. The van der Waals surface area contributed by atoms with Crippen molar-refractivity contribution in [2.24, 2.45) is 0 Å². The number of rotatable bonds is 5. The van der Waals surface area contributed by atoms with Crippen molar-refractivity contribution in [3.05, 3.63) is 63.4 Å². The third-order valence-corrected chi connectivity index (χ3v) is 6.22. The van der Waals surface area contributed by atoms with Crippen molar-refractivity contribution in [1.82, 2.24) is 29.0 Å². The number of fused-ring (bicyclic) bond motifs is 3. The van der Waals surface area contributed by atoms with Crippen LogP contribution in [0.1, 0.15) is 25.0 Å². The molecular formula is C23H25ClN6O3. The molecule has 1 aliphatic rings. The molecule has 9 nitrogen and oxygen atoms in total.